The molecule has 38 heavy (non-hydrogen) atoms. The second kappa shape index (κ2) is 10.6. The van der Waals surface area contributed by atoms with Gasteiger partial charge in [0.15, 0.2) is 12.4 Å². The predicted molar refractivity (Wildman–Crippen MR) is 138 cm³/mol. The van der Waals surface area contributed by atoms with Crippen LogP contribution in [0.5, 0.6) is 11.5 Å². The maximum atomic E-state index is 13.8. The third-order valence-electron chi connectivity index (χ3n) is 6.55. The fourth-order valence-corrected chi connectivity index (χ4v) is 4.63. The van der Waals surface area contributed by atoms with Gasteiger partial charge in [-0.3, -0.25) is 9.59 Å². The summed E-state index contributed by atoms with van der Waals surface area (Å²) >= 11 is 0. The molecule has 1 saturated heterocycles. The number of aromatic amines is 1. The molecule has 0 saturated carbocycles. The number of aromatic hydroxyl groups is 1. The van der Waals surface area contributed by atoms with Crippen LogP contribution in [0.3, 0.4) is 0 Å². The van der Waals surface area contributed by atoms with Crippen LogP contribution < -0.4 is 14.8 Å². The first kappa shape index (κ1) is 24.8. The number of phenols is 1. The molecule has 1 aromatic heterocycles. The Morgan fingerprint density at radius 2 is 1.71 bits per heavy atom. The van der Waals surface area contributed by atoms with Crippen LogP contribution in [0.4, 0.5) is 0 Å². The van der Waals surface area contributed by atoms with Crippen molar-refractivity contribution in [2.45, 2.75) is 26.1 Å². The number of phenolic OH excluding ortho intramolecular Hbond substituents is 1. The molecule has 2 N–H and O–H groups in total. The number of benzene rings is 3. The number of H-pyrrole nitrogens is 1. The van der Waals surface area contributed by atoms with Crippen molar-refractivity contribution in [2.24, 2.45) is 0 Å². The summed E-state index contributed by atoms with van der Waals surface area (Å²) in [7, 11) is 0. The maximum absolute atomic E-state index is 13.8. The second-order valence-corrected chi connectivity index (χ2v) is 9.16. The highest BCUT2D eigenvalue weighted by Crippen LogP contribution is 2.40. The SMILES string of the molecule is Cc1cc(OCc2ccccc2)ccc1/C([O-])=C1\C(=O)C(=O)N(Cc2ccc[nH+]c2)C1c1ccc(O)cc1. The Balaban J connectivity index is 1.52. The molecule has 0 aliphatic carbocycles. The average molecular weight is 507 g/mol. The van der Waals surface area contributed by atoms with E-state index in [2.05, 4.69) is 4.98 Å². The number of aryl methyl sites for hydroxylation is 1. The fraction of sp³-hybridized carbons (Fsp3) is 0.129. The van der Waals surface area contributed by atoms with Crippen LogP contribution in [0.15, 0.2) is 103 Å². The number of carbonyl (C=O) groups excluding carboxylic acids is 2. The highest BCUT2D eigenvalue weighted by atomic mass is 16.5. The van der Waals surface area contributed by atoms with E-state index in [1.165, 1.54) is 17.0 Å². The van der Waals surface area contributed by atoms with E-state index in [1.807, 2.05) is 36.4 Å². The number of ketones is 1. The fourth-order valence-electron chi connectivity index (χ4n) is 4.63. The quantitative estimate of drug-likeness (QED) is 0.235. The molecule has 1 aliphatic rings. The Morgan fingerprint density at radius 1 is 0.974 bits per heavy atom. The van der Waals surface area contributed by atoms with Gasteiger partial charge in [0.25, 0.3) is 5.91 Å². The minimum atomic E-state index is -0.892. The van der Waals surface area contributed by atoms with Crippen LogP contribution >= 0.6 is 0 Å². The first-order chi connectivity index (χ1) is 18.4. The zero-order chi connectivity index (χ0) is 26.6. The largest absolute Gasteiger partial charge is 0.872 e. The summed E-state index contributed by atoms with van der Waals surface area (Å²) in [5.74, 6) is -1.43. The number of Topliss-reactive ketones (excluding diaryl/α,β-unsaturated/α-hetero) is 1. The molecule has 190 valence electrons. The molecule has 7 heteroatoms. The summed E-state index contributed by atoms with van der Waals surface area (Å²) < 4.78 is 5.88. The van der Waals surface area contributed by atoms with Crippen molar-refractivity contribution in [3.05, 3.63) is 131 Å². The monoisotopic (exact) mass is 506 g/mol. The van der Waals surface area contributed by atoms with Gasteiger partial charge in [-0.2, -0.15) is 0 Å². The molecule has 1 unspecified atom stereocenters. The van der Waals surface area contributed by atoms with E-state index in [1.54, 1.807) is 55.7 Å². The van der Waals surface area contributed by atoms with Gasteiger partial charge in [0, 0.05) is 17.2 Å². The number of carbonyl (C=O) groups is 2. The number of ether oxygens (including phenoxy) is 1. The van der Waals surface area contributed by atoms with Crippen molar-refractivity contribution >= 4 is 17.4 Å². The number of likely N-dealkylation sites (tertiary alicyclic amines) is 1. The van der Waals surface area contributed by atoms with Crippen LogP contribution in [-0.2, 0) is 22.7 Å². The van der Waals surface area contributed by atoms with Gasteiger partial charge in [-0.15, -0.1) is 0 Å². The number of amides is 1. The smallest absolute Gasteiger partial charge is 0.295 e. The van der Waals surface area contributed by atoms with E-state index in [-0.39, 0.29) is 17.9 Å². The standard InChI is InChI=1S/C31H26N2O5/c1-20-16-25(38-19-21-6-3-2-4-7-21)13-14-26(20)29(35)27-28(23-9-11-24(34)12-10-23)33(31(37)30(27)36)18-22-8-5-15-32-17-22/h2-17,28,34-35H,18-19H2,1H3/b29-27+. The molecular formula is C31H26N2O5. The molecule has 1 fully saturated rings. The van der Waals surface area contributed by atoms with Gasteiger partial charge in [-0.1, -0.05) is 54.3 Å². The van der Waals surface area contributed by atoms with E-state index >= 15 is 0 Å². The lowest BCUT2D eigenvalue weighted by molar-refractivity contribution is -0.378. The zero-order valence-corrected chi connectivity index (χ0v) is 20.8. The minimum Gasteiger partial charge on any atom is -0.872 e. The Hall–Kier alpha value is -4.91. The lowest BCUT2D eigenvalue weighted by atomic mass is 9.93. The van der Waals surface area contributed by atoms with Crippen molar-refractivity contribution in [3.63, 3.8) is 0 Å². The van der Waals surface area contributed by atoms with E-state index in [9.17, 15) is 19.8 Å². The summed E-state index contributed by atoms with van der Waals surface area (Å²) in [6.45, 7) is 2.29. The van der Waals surface area contributed by atoms with Gasteiger partial charge in [0.05, 0.1) is 12.6 Å². The van der Waals surface area contributed by atoms with Gasteiger partial charge in [0.2, 0.25) is 5.78 Å². The molecule has 2 heterocycles. The minimum absolute atomic E-state index is 0.0448. The number of rotatable bonds is 7. The van der Waals surface area contributed by atoms with E-state index in [0.29, 0.717) is 29.0 Å². The molecule has 1 amide bonds. The lowest BCUT2D eigenvalue weighted by Crippen LogP contribution is -2.29. The lowest BCUT2D eigenvalue weighted by Gasteiger charge is -2.28. The number of hydrogen-bond acceptors (Lipinski definition) is 5. The molecule has 0 spiro atoms. The third-order valence-corrected chi connectivity index (χ3v) is 6.55. The molecule has 7 nitrogen and oxygen atoms in total. The molecule has 3 aromatic carbocycles. The van der Waals surface area contributed by atoms with E-state index in [4.69, 9.17) is 4.74 Å². The van der Waals surface area contributed by atoms with Gasteiger partial charge in [-0.25, -0.2) is 4.98 Å². The molecule has 5 rings (SSSR count). The molecular weight excluding hydrogens is 480 g/mol. The summed E-state index contributed by atoms with van der Waals surface area (Å²) in [6.07, 6.45) is 3.48. The maximum Gasteiger partial charge on any atom is 0.295 e. The third kappa shape index (κ3) is 4.99. The van der Waals surface area contributed by atoms with Crippen molar-refractivity contribution in [2.75, 3.05) is 0 Å². The summed E-state index contributed by atoms with van der Waals surface area (Å²) in [4.78, 5) is 30.8. The van der Waals surface area contributed by atoms with Gasteiger partial charge in [0.1, 0.15) is 18.1 Å². The molecule has 0 radical (unpaired) electrons. The number of nitrogens with zero attached hydrogens (tertiary/aromatic N) is 1. The zero-order valence-electron chi connectivity index (χ0n) is 20.8. The predicted octanol–water partition coefficient (Wildman–Crippen LogP) is 3.52. The van der Waals surface area contributed by atoms with Crippen molar-refractivity contribution in [1.82, 2.24) is 4.90 Å². The molecule has 0 bridgehead atoms. The number of pyridine rings is 1. The first-order valence-corrected chi connectivity index (χ1v) is 12.2. The van der Waals surface area contributed by atoms with Crippen LogP contribution in [0.25, 0.3) is 5.76 Å². The normalized spacial score (nSPS) is 16.6. The second-order valence-electron chi connectivity index (χ2n) is 9.16. The van der Waals surface area contributed by atoms with Gasteiger partial charge < -0.3 is 19.8 Å². The van der Waals surface area contributed by atoms with Gasteiger partial charge in [-0.05, 0) is 59.5 Å². The van der Waals surface area contributed by atoms with Crippen LogP contribution in [0, 0.1) is 6.92 Å². The summed E-state index contributed by atoms with van der Waals surface area (Å²) in [5, 5.41) is 23.6. The van der Waals surface area contributed by atoms with Crippen molar-refractivity contribution < 1.29 is 29.5 Å². The summed E-state index contributed by atoms with van der Waals surface area (Å²) in [6, 6.07) is 23.8. The van der Waals surface area contributed by atoms with Crippen LogP contribution in [0.1, 0.15) is 33.9 Å². The topological polar surface area (TPSA) is 104 Å². The van der Waals surface area contributed by atoms with E-state index < -0.39 is 23.5 Å². The van der Waals surface area contributed by atoms with Gasteiger partial charge >= 0.3 is 0 Å². The number of hydrogen-bond donors (Lipinski definition) is 1. The van der Waals surface area contributed by atoms with E-state index in [0.717, 1.165) is 11.1 Å². The molecule has 1 aliphatic heterocycles. The van der Waals surface area contributed by atoms with Crippen LogP contribution in [-0.4, -0.2) is 21.7 Å². The Labute approximate surface area is 220 Å². The molecule has 4 aromatic rings. The van der Waals surface area contributed by atoms with Crippen LogP contribution in [0.2, 0.25) is 0 Å². The number of nitrogens with one attached hydrogen (secondary N) is 1. The Bertz CT molecular complexity index is 1500. The first-order valence-electron chi connectivity index (χ1n) is 12.2. The van der Waals surface area contributed by atoms with Crippen molar-refractivity contribution in [1.29, 1.82) is 0 Å². The Morgan fingerprint density at radius 3 is 2.39 bits per heavy atom. The molecule has 1 atom stereocenters. The van der Waals surface area contributed by atoms with Crippen molar-refractivity contribution in [3.8, 4) is 11.5 Å². The Kier molecular flexibility index (Phi) is 6.91. The highest BCUT2D eigenvalue weighted by molar-refractivity contribution is 6.46. The number of aromatic nitrogens is 1. The average Bonchev–Trinajstić information content (AvgIpc) is 3.18. The highest BCUT2D eigenvalue weighted by Gasteiger charge is 2.44. The summed E-state index contributed by atoms with van der Waals surface area (Å²) in [5.41, 5.74) is 3.21.